The number of hydrogen-bond donors (Lipinski definition) is 1. The summed E-state index contributed by atoms with van der Waals surface area (Å²) in [5, 5.41) is 1.46. The smallest absolute Gasteiger partial charge is 0.341 e. The number of hydrogen-bond acceptors (Lipinski definition) is 4. The number of alkyl halides is 6. The van der Waals surface area contributed by atoms with Crippen LogP contribution in [0.2, 0.25) is 0 Å². The number of ketones is 1. The van der Waals surface area contributed by atoms with Gasteiger partial charge in [0.25, 0.3) is 0 Å². The van der Waals surface area contributed by atoms with E-state index in [9.17, 15) is 35.9 Å². The molecule has 0 radical (unpaired) electrons. The SMILES string of the molecule is O=C(CNC(=O)C(F)(F)F)c1cnc(CC2(c3cccc(C(F)(F)F)c3)CC2)nc1. The molecule has 0 spiro atoms. The van der Waals surface area contributed by atoms with E-state index in [2.05, 4.69) is 9.97 Å². The molecule has 1 aromatic carbocycles. The molecule has 1 aromatic heterocycles. The quantitative estimate of drug-likeness (QED) is 0.560. The lowest BCUT2D eigenvalue weighted by atomic mass is 9.90. The number of carbonyl (C=O) groups excluding carboxylic acids is 2. The minimum absolute atomic E-state index is 0.0925. The van der Waals surface area contributed by atoms with Crippen LogP contribution in [0.3, 0.4) is 0 Å². The van der Waals surface area contributed by atoms with Crippen LogP contribution in [-0.2, 0) is 22.8 Å². The average Bonchev–Trinajstić information content (AvgIpc) is 3.46. The highest BCUT2D eigenvalue weighted by atomic mass is 19.4. The van der Waals surface area contributed by atoms with E-state index in [-0.39, 0.29) is 12.0 Å². The van der Waals surface area contributed by atoms with Crippen molar-refractivity contribution in [3.05, 3.63) is 59.2 Å². The molecular formula is C19H15F6N3O2. The van der Waals surface area contributed by atoms with Crippen LogP contribution in [0.5, 0.6) is 0 Å². The molecule has 1 aliphatic carbocycles. The van der Waals surface area contributed by atoms with Gasteiger partial charge in [-0.05, 0) is 24.5 Å². The molecular weight excluding hydrogens is 416 g/mol. The van der Waals surface area contributed by atoms with Crippen molar-refractivity contribution in [2.24, 2.45) is 0 Å². The summed E-state index contributed by atoms with van der Waals surface area (Å²) in [7, 11) is 0. The maximum Gasteiger partial charge on any atom is 0.471 e. The number of Topliss-reactive ketones (excluding diaryl/α,β-unsaturated/α-hetero) is 1. The Bertz CT molecular complexity index is 950. The monoisotopic (exact) mass is 431 g/mol. The van der Waals surface area contributed by atoms with Crippen LogP contribution in [0.1, 0.15) is 40.2 Å². The molecule has 0 bridgehead atoms. The van der Waals surface area contributed by atoms with Gasteiger partial charge in [-0.1, -0.05) is 18.2 Å². The van der Waals surface area contributed by atoms with Gasteiger partial charge in [0.1, 0.15) is 5.82 Å². The summed E-state index contributed by atoms with van der Waals surface area (Å²) >= 11 is 0. The summed E-state index contributed by atoms with van der Waals surface area (Å²) in [6.07, 6.45) is -5.74. The van der Waals surface area contributed by atoms with Crippen LogP contribution < -0.4 is 5.32 Å². The van der Waals surface area contributed by atoms with E-state index in [4.69, 9.17) is 0 Å². The summed E-state index contributed by atoms with van der Waals surface area (Å²) < 4.78 is 75.3. The van der Waals surface area contributed by atoms with Crippen molar-refractivity contribution < 1.29 is 35.9 Å². The summed E-state index contributed by atoms with van der Waals surface area (Å²) in [6.45, 7) is -0.866. The van der Waals surface area contributed by atoms with E-state index < -0.39 is 41.6 Å². The molecule has 1 fully saturated rings. The molecule has 1 aliphatic rings. The molecule has 1 saturated carbocycles. The van der Waals surface area contributed by atoms with Crippen molar-refractivity contribution in [2.75, 3.05) is 6.54 Å². The van der Waals surface area contributed by atoms with E-state index in [0.29, 0.717) is 24.2 Å². The Morgan fingerprint density at radius 1 is 1.03 bits per heavy atom. The number of rotatable bonds is 6. The lowest BCUT2D eigenvalue weighted by Gasteiger charge is -2.17. The van der Waals surface area contributed by atoms with Gasteiger partial charge in [-0.25, -0.2) is 9.97 Å². The topological polar surface area (TPSA) is 72.0 Å². The van der Waals surface area contributed by atoms with Gasteiger partial charge in [0.15, 0.2) is 5.78 Å². The van der Waals surface area contributed by atoms with Gasteiger partial charge in [0.2, 0.25) is 0 Å². The molecule has 11 heteroatoms. The third-order valence-electron chi connectivity index (χ3n) is 4.85. The minimum atomic E-state index is -5.09. The molecule has 2 aromatic rings. The molecule has 160 valence electrons. The Labute approximate surface area is 166 Å². The second kappa shape index (κ2) is 7.69. The van der Waals surface area contributed by atoms with Crippen molar-refractivity contribution in [1.82, 2.24) is 15.3 Å². The zero-order valence-corrected chi connectivity index (χ0v) is 15.3. The van der Waals surface area contributed by atoms with Gasteiger partial charge in [0.05, 0.1) is 17.7 Å². The van der Waals surface area contributed by atoms with Gasteiger partial charge >= 0.3 is 18.3 Å². The van der Waals surface area contributed by atoms with Gasteiger partial charge in [0, 0.05) is 24.2 Å². The Morgan fingerprint density at radius 3 is 2.20 bits per heavy atom. The van der Waals surface area contributed by atoms with Crippen molar-refractivity contribution in [3.8, 4) is 0 Å². The molecule has 30 heavy (non-hydrogen) atoms. The number of nitrogens with one attached hydrogen (secondary N) is 1. The highest BCUT2D eigenvalue weighted by Crippen LogP contribution is 2.51. The molecule has 1 N–H and O–H groups in total. The number of halogens is 6. The van der Waals surface area contributed by atoms with Crippen LogP contribution in [0.25, 0.3) is 0 Å². The summed E-state index contributed by atoms with van der Waals surface area (Å²) in [5.41, 5.74) is -0.830. The number of amides is 1. The predicted molar refractivity (Wildman–Crippen MR) is 91.5 cm³/mol. The number of nitrogens with zero attached hydrogens (tertiary/aromatic N) is 2. The second-order valence-electron chi connectivity index (χ2n) is 7.03. The Kier molecular flexibility index (Phi) is 5.57. The van der Waals surface area contributed by atoms with Crippen LogP contribution in [0.4, 0.5) is 26.3 Å². The standard InChI is InChI=1S/C19H15F6N3O2/c20-18(21,22)13-3-1-2-12(6-13)17(4-5-17)7-15-26-8-11(9-27-15)14(29)10-28-16(30)19(23,24)25/h1-3,6,8-9H,4-5,7,10H2,(H,28,30). The number of aromatic nitrogens is 2. The van der Waals surface area contributed by atoms with Gasteiger partial charge < -0.3 is 5.32 Å². The van der Waals surface area contributed by atoms with Crippen LogP contribution in [0, 0.1) is 0 Å². The maximum absolute atomic E-state index is 13.0. The largest absolute Gasteiger partial charge is 0.471 e. The zero-order valence-electron chi connectivity index (χ0n) is 15.3. The van der Waals surface area contributed by atoms with E-state index in [1.165, 1.54) is 11.4 Å². The number of benzene rings is 1. The van der Waals surface area contributed by atoms with E-state index in [1.807, 2.05) is 0 Å². The summed E-state index contributed by atoms with van der Waals surface area (Å²) in [6, 6.07) is 5.06. The van der Waals surface area contributed by atoms with Crippen molar-refractivity contribution in [1.29, 1.82) is 0 Å². The minimum Gasteiger partial charge on any atom is -0.341 e. The first-order valence-electron chi connectivity index (χ1n) is 8.78. The van der Waals surface area contributed by atoms with Crippen molar-refractivity contribution in [3.63, 3.8) is 0 Å². The van der Waals surface area contributed by atoms with E-state index >= 15 is 0 Å². The molecule has 0 atom stereocenters. The normalized spacial score (nSPS) is 15.5. The van der Waals surface area contributed by atoms with Gasteiger partial charge in [-0.15, -0.1) is 0 Å². The fraction of sp³-hybridized carbons (Fsp3) is 0.368. The first-order chi connectivity index (χ1) is 13.9. The van der Waals surface area contributed by atoms with Crippen LogP contribution in [-0.4, -0.2) is 34.4 Å². The first-order valence-corrected chi connectivity index (χ1v) is 8.78. The van der Waals surface area contributed by atoms with E-state index in [1.54, 1.807) is 6.07 Å². The van der Waals surface area contributed by atoms with Crippen molar-refractivity contribution >= 4 is 11.7 Å². The zero-order chi connectivity index (χ0) is 22.2. The predicted octanol–water partition coefficient (Wildman–Crippen LogP) is 3.63. The lowest BCUT2D eigenvalue weighted by Crippen LogP contribution is -2.39. The second-order valence-corrected chi connectivity index (χ2v) is 7.03. The van der Waals surface area contributed by atoms with Crippen molar-refractivity contribution in [2.45, 2.75) is 37.0 Å². The maximum atomic E-state index is 13.0. The highest BCUT2D eigenvalue weighted by Gasteiger charge is 2.46. The third-order valence-corrected chi connectivity index (χ3v) is 4.85. The molecule has 0 saturated heterocycles. The summed E-state index contributed by atoms with van der Waals surface area (Å²) in [4.78, 5) is 30.6. The molecule has 5 nitrogen and oxygen atoms in total. The lowest BCUT2D eigenvalue weighted by molar-refractivity contribution is -0.173. The van der Waals surface area contributed by atoms with Gasteiger partial charge in [-0.2, -0.15) is 26.3 Å². The molecule has 3 rings (SSSR count). The molecule has 1 amide bonds. The Hall–Kier alpha value is -2.98. The van der Waals surface area contributed by atoms with Gasteiger partial charge in [-0.3, -0.25) is 9.59 Å². The molecule has 0 unspecified atom stereocenters. The van der Waals surface area contributed by atoms with Crippen LogP contribution in [0.15, 0.2) is 36.7 Å². The summed E-state index contributed by atoms with van der Waals surface area (Å²) in [5.74, 6) is -2.75. The molecule has 1 heterocycles. The highest BCUT2D eigenvalue weighted by molar-refractivity contribution is 5.99. The van der Waals surface area contributed by atoms with Crippen LogP contribution >= 0.6 is 0 Å². The Morgan fingerprint density at radius 2 is 1.67 bits per heavy atom. The van der Waals surface area contributed by atoms with E-state index in [0.717, 1.165) is 24.5 Å². The fourth-order valence-electron chi connectivity index (χ4n) is 3.00. The first kappa shape index (κ1) is 21.7. The number of carbonyl (C=O) groups is 2. The third kappa shape index (κ3) is 4.95. The molecule has 0 aliphatic heterocycles. The fourth-order valence-corrected chi connectivity index (χ4v) is 3.00. The Balaban J connectivity index is 1.66. The average molecular weight is 431 g/mol.